The number of nitrogens with one attached hydrogen (secondary N) is 1. The number of nitrogens with zero attached hydrogens (tertiary/aromatic N) is 3. The first-order chi connectivity index (χ1) is 8.61. The van der Waals surface area contributed by atoms with Crippen LogP contribution in [0.1, 0.15) is 24.5 Å². The predicted octanol–water partition coefficient (Wildman–Crippen LogP) is 2.23. The molecule has 0 fully saturated rings. The van der Waals surface area contributed by atoms with Gasteiger partial charge in [-0.15, -0.1) is 10.2 Å². The Kier molecular flexibility index (Phi) is 3.41. The van der Waals surface area contributed by atoms with Gasteiger partial charge in [-0.25, -0.2) is 0 Å². The molecule has 0 aliphatic rings. The molecule has 1 amide bonds. The highest BCUT2D eigenvalue weighted by atomic mass is 16.1. The Hall–Kier alpha value is -2.17. The van der Waals surface area contributed by atoms with Crippen LogP contribution in [0.2, 0.25) is 0 Å². The van der Waals surface area contributed by atoms with Crippen LogP contribution in [0.5, 0.6) is 0 Å². The monoisotopic (exact) mass is 244 g/mol. The maximum atomic E-state index is 11.5. The van der Waals surface area contributed by atoms with E-state index in [2.05, 4.69) is 15.5 Å². The molecule has 0 saturated carbocycles. The van der Waals surface area contributed by atoms with E-state index >= 15 is 0 Å². The summed E-state index contributed by atoms with van der Waals surface area (Å²) in [4.78, 5) is 11.5. The van der Waals surface area contributed by atoms with Crippen LogP contribution in [0.25, 0.3) is 5.69 Å². The molecule has 2 rings (SSSR count). The third-order valence-corrected chi connectivity index (χ3v) is 2.82. The average Bonchev–Trinajstić information content (AvgIpc) is 2.87. The lowest BCUT2D eigenvalue weighted by atomic mass is 10.1. The van der Waals surface area contributed by atoms with E-state index in [1.807, 2.05) is 37.5 Å². The highest BCUT2D eigenvalue weighted by Gasteiger charge is 2.08. The number of rotatable bonds is 3. The van der Waals surface area contributed by atoms with Crippen LogP contribution < -0.4 is 5.32 Å². The molecule has 2 aromatic rings. The molecule has 0 atom stereocenters. The summed E-state index contributed by atoms with van der Waals surface area (Å²) in [5.74, 6) is 0.0262. The van der Waals surface area contributed by atoms with E-state index in [1.54, 1.807) is 12.7 Å². The zero-order chi connectivity index (χ0) is 13.1. The second kappa shape index (κ2) is 5.00. The van der Waals surface area contributed by atoms with Gasteiger partial charge in [-0.2, -0.15) is 0 Å². The number of amides is 1. The van der Waals surface area contributed by atoms with E-state index in [4.69, 9.17) is 0 Å². The zero-order valence-electron chi connectivity index (χ0n) is 10.8. The number of anilines is 1. The van der Waals surface area contributed by atoms with Gasteiger partial charge in [0.15, 0.2) is 0 Å². The molecule has 5 nitrogen and oxygen atoms in total. The summed E-state index contributed by atoms with van der Waals surface area (Å²) in [6.45, 7) is 5.80. The van der Waals surface area contributed by atoms with E-state index in [0.29, 0.717) is 6.42 Å². The van der Waals surface area contributed by atoms with E-state index in [-0.39, 0.29) is 5.91 Å². The van der Waals surface area contributed by atoms with Gasteiger partial charge in [-0.3, -0.25) is 9.36 Å². The molecule has 94 valence electrons. The lowest BCUT2D eigenvalue weighted by Crippen LogP contribution is -2.12. The fourth-order valence-corrected chi connectivity index (χ4v) is 1.85. The molecule has 0 radical (unpaired) electrons. The number of benzene rings is 1. The van der Waals surface area contributed by atoms with Crippen molar-refractivity contribution >= 4 is 11.6 Å². The number of aryl methyl sites for hydroxylation is 2. The molecular formula is C13H16N4O. The highest BCUT2D eigenvalue weighted by molar-refractivity contribution is 5.92. The van der Waals surface area contributed by atoms with Crippen molar-refractivity contribution in [1.82, 2.24) is 14.8 Å². The normalized spacial score (nSPS) is 10.4. The first-order valence-corrected chi connectivity index (χ1v) is 5.88. The van der Waals surface area contributed by atoms with Crippen LogP contribution >= 0.6 is 0 Å². The summed E-state index contributed by atoms with van der Waals surface area (Å²) in [7, 11) is 0. The van der Waals surface area contributed by atoms with Crippen molar-refractivity contribution in [3.63, 3.8) is 0 Å². The lowest BCUT2D eigenvalue weighted by molar-refractivity contribution is -0.115. The minimum Gasteiger partial charge on any atom is -0.326 e. The fraction of sp³-hybridized carbons (Fsp3) is 0.308. The number of carbonyl (C=O) groups is 1. The predicted molar refractivity (Wildman–Crippen MR) is 69.8 cm³/mol. The minimum atomic E-state index is 0.0262. The van der Waals surface area contributed by atoms with Gasteiger partial charge in [0.1, 0.15) is 12.7 Å². The summed E-state index contributed by atoms with van der Waals surface area (Å²) in [5.41, 5.74) is 3.93. The van der Waals surface area contributed by atoms with Crippen LogP contribution in [0.4, 0.5) is 5.69 Å². The van der Waals surface area contributed by atoms with Gasteiger partial charge in [0.05, 0.1) is 0 Å². The Labute approximate surface area is 106 Å². The lowest BCUT2D eigenvalue weighted by Gasteiger charge is -2.13. The molecule has 0 saturated heterocycles. The molecule has 1 aromatic heterocycles. The summed E-state index contributed by atoms with van der Waals surface area (Å²) >= 11 is 0. The van der Waals surface area contributed by atoms with Gasteiger partial charge < -0.3 is 5.32 Å². The zero-order valence-corrected chi connectivity index (χ0v) is 10.8. The number of hydrogen-bond acceptors (Lipinski definition) is 3. The minimum absolute atomic E-state index is 0.0262. The van der Waals surface area contributed by atoms with Crippen molar-refractivity contribution in [3.8, 4) is 5.69 Å². The van der Waals surface area contributed by atoms with Crippen LogP contribution in [0.3, 0.4) is 0 Å². The summed E-state index contributed by atoms with van der Waals surface area (Å²) in [6, 6.07) is 4.00. The van der Waals surface area contributed by atoms with Crippen molar-refractivity contribution in [3.05, 3.63) is 35.9 Å². The smallest absolute Gasteiger partial charge is 0.224 e. The number of aromatic nitrogens is 3. The molecule has 0 bridgehead atoms. The molecule has 1 N–H and O–H groups in total. The molecular weight excluding hydrogens is 228 g/mol. The number of hydrogen-bond donors (Lipinski definition) is 1. The van der Waals surface area contributed by atoms with Gasteiger partial charge in [0.2, 0.25) is 5.91 Å². The van der Waals surface area contributed by atoms with Crippen molar-refractivity contribution in [2.45, 2.75) is 27.2 Å². The van der Waals surface area contributed by atoms with Crippen LogP contribution in [0.15, 0.2) is 24.8 Å². The molecule has 18 heavy (non-hydrogen) atoms. The van der Waals surface area contributed by atoms with Crippen molar-refractivity contribution in [2.75, 3.05) is 5.32 Å². The van der Waals surface area contributed by atoms with Crippen molar-refractivity contribution < 1.29 is 4.79 Å². The average molecular weight is 244 g/mol. The van der Waals surface area contributed by atoms with Crippen molar-refractivity contribution in [2.24, 2.45) is 0 Å². The molecule has 1 aromatic carbocycles. The summed E-state index contributed by atoms with van der Waals surface area (Å²) in [6.07, 6.45) is 3.78. The molecule has 0 spiro atoms. The van der Waals surface area contributed by atoms with Gasteiger partial charge in [0, 0.05) is 17.8 Å². The topological polar surface area (TPSA) is 59.8 Å². The maximum absolute atomic E-state index is 11.5. The fourth-order valence-electron chi connectivity index (χ4n) is 1.85. The Morgan fingerprint density at radius 1 is 1.22 bits per heavy atom. The van der Waals surface area contributed by atoms with Crippen LogP contribution in [0, 0.1) is 13.8 Å². The second-order valence-electron chi connectivity index (χ2n) is 4.23. The molecule has 0 aliphatic heterocycles. The van der Waals surface area contributed by atoms with Gasteiger partial charge in [0.25, 0.3) is 0 Å². The Balaban J connectivity index is 2.38. The molecule has 0 aliphatic carbocycles. The SMILES string of the molecule is CCC(=O)Nc1c(C)cc(-n2cnnc2)cc1C. The van der Waals surface area contributed by atoms with Crippen molar-refractivity contribution in [1.29, 1.82) is 0 Å². The van der Waals surface area contributed by atoms with Gasteiger partial charge in [-0.1, -0.05) is 6.92 Å². The Morgan fingerprint density at radius 3 is 2.28 bits per heavy atom. The van der Waals surface area contributed by atoms with E-state index in [0.717, 1.165) is 22.5 Å². The first kappa shape index (κ1) is 12.3. The largest absolute Gasteiger partial charge is 0.326 e. The third-order valence-electron chi connectivity index (χ3n) is 2.82. The maximum Gasteiger partial charge on any atom is 0.224 e. The first-order valence-electron chi connectivity index (χ1n) is 5.88. The summed E-state index contributed by atoms with van der Waals surface area (Å²) in [5, 5.41) is 10.5. The Morgan fingerprint density at radius 2 is 1.78 bits per heavy atom. The highest BCUT2D eigenvalue weighted by Crippen LogP contribution is 2.24. The van der Waals surface area contributed by atoms with Gasteiger partial charge >= 0.3 is 0 Å². The molecule has 1 heterocycles. The van der Waals surface area contributed by atoms with E-state index in [1.165, 1.54) is 0 Å². The summed E-state index contributed by atoms with van der Waals surface area (Å²) < 4.78 is 1.84. The van der Waals surface area contributed by atoms with Gasteiger partial charge in [-0.05, 0) is 37.1 Å². The molecule has 5 heteroatoms. The second-order valence-corrected chi connectivity index (χ2v) is 4.23. The van der Waals surface area contributed by atoms with Crippen LogP contribution in [-0.4, -0.2) is 20.7 Å². The molecule has 0 unspecified atom stereocenters. The van der Waals surface area contributed by atoms with E-state index in [9.17, 15) is 4.79 Å². The standard InChI is InChI=1S/C13H16N4O/c1-4-12(18)16-13-9(2)5-11(6-10(13)3)17-7-14-15-8-17/h5-8H,4H2,1-3H3,(H,16,18). The number of carbonyl (C=O) groups excluding carboxylic acids is 1. The van der Waals surface area contributed by atoms with E-state index < -0.39 is 0 Å². The van der Waals surface area contributed by atoms with Crippen LogP contribution in [-0.2, 0) is 4.79 Å². The quantitative estimate of drug-likeness (QED) is 0.900. The Bertz CT molecular complexity index is 537. The third kappa shape index (κ3) is 2.40.